The van der Waals surface area contributed by atoms with Gasteiger partial charge >= 0.3 is 12.0 Å². The van der Waals surface area contributed by atoms with Crippen LogP contribution in [0.1, 0.15) is 28.7 Å². The van der Waals surface area contributed by atoms with E-state index in [1.54, 1.807) is 11.3 Å². The summed E-state index contributed by atoms with van der Waals surface area (Å²) in [5.41, 5.74) is -0.268. The first-order chi connectivity index (χ1) is 9.19. The van der Waals surface area contributed by atoms with Crippen molar-refractivity contribution in [2.75, 3.05) is 6.54 Å². The number of carbonyl (C=O) groups is 2. The molecule has 1 atom stereocenters. The van der Waals surface area contributed by atoms with Crippen molar-refractivity contribution in [1.82, 2.24) is 10.6 Å². The minimum atomic E-state index is -1.46. The Balaban J connectivity index is 2.35. The van der Waals surface area contributed by atoms with Gasteiger partial charge in [-0.15, -0.1) is 11.3 Å². The van der Waals surface area contributed by atoms with Crippen molar-refractivity contribution in [3.05, 3.63) is 21.4 Å². The van der Waals surface area contributed by atoms with Gasteiger partial charge in [0, 0.05) is 16.3 Å². The number of hydrogen-bond acceptors (Lipinski definition) is 4. The normalized spacial score (nSPS) is 13.6. The van der Waals surface area contributed by atoms with Gasteiger partial charge in [0.25, 0.3) is 0 Å². The molecule has 112 valence electrons. The summed E-state index contributed by atoms with van der Waals surface area (Å²) in [6.45, 7) is 5.69. The number of carboxylic acid groups (broad SMARTS) is 1. The van der Waals surface area contributed by atoms with Gasteiger partial charge in [-0.3, -0.25) is 4.79 Å². The minimum absolute atomic E-state index is 0.117. The summed E-state index contributed by atoms with van der Waals surface area (Å²) < 4.78 is 0. The van der Waals surface area contributed by atoms with Crippen molar-refractivity contribution in [2.45, 2.75) is 39.3 Å². The van der Waals surface area contributed by atoms with E-state index in [9.17, 15) is 14.7 Å². The van der Waals surface area contributed by atoms with Gasteiger partial charge in [-0.1, -0.05) is 0 Å². The van der Waals surface area contributed by atoms with Gasteiger partial charge in [-0.05, 0) is 32.4 Å². The monoisotopic (exact) mass is 300 g/mol. The van der Waals surface area contributed by atoms with Crippen molar-refractivity contribution in [1.29, 1.82) is 0 Å². The summed E-state index contributed by atoms with van der Waals surface area (Å²) in [7, 11) is 0. The van der Waals surface area contributed by atoms with Crippen LogP contribution in [0.4, 0.5) is 4.79 Å². The van der Waals surface area contributed by atoms with E-state index in [2.05, 4.69) is 10.6 Å². The number of amides is 2. The number of carbonyl (C=O) groups excluding carboxylic acids is 1. The summed E-state index contributed by atoms with van der Waals surface area (Å²) in [5, 5.41) is 23.5. The third kappa shape index (κ3) is 5.58. The van der Waals surface area contributed by atoms with E-state index in [0.717, 1.165) is 4.88 Å². The van der Waals surface area contributed by atoms with Crippen molar-refractivity contribution in [3.63, 3.8) is 0 Å². The molecular weight excluding hydrogens is 280 g/mol. The minimum Gasteiger partial charge on any atom is -0.481 e. The van der Waals surface area contributed by atoms with Crippen molar-refractivity contribution < 1.29 is 19.8 Å². The van der Waals surface area contributed by atoms with E-state index >= 15 is 0 Å². The molecule has 2 amide bonds. The van der Waals surface area contributed by atoms with E-state index in [-0.39, 0.29) is 6.54 Å². The fourth-order valence-corrected chi connectivity index (χ4v) is 2.62. The van der Waals surface area contributed by atoms with E-state index in [0.29, 0.717) is 6.54 Å². The molecule has 0 fully saturated rings. The number of nitrogens with one attached hydrogen (secondary N) is 2. The van der Waals surface area contributed by atoms with Crippen LogP contribution in [0, 0.1) is 13.8 Å². The molecule has 4 N–H and O–H groups in total. The number of aliphatic hydroxyl groups is 1. The summed E-state index contributed by atoms with van der Waals surface area (Å²) in [6, 6.07) is 1.58. The maximum atomic E-state index is 11.6. The molecule has 1 heterocycles. The Hall–Kier alpha value is -1.60. The molecule has 1 aromatic heterocycles. The van der Waals surface area contributed by atoms with Crippen molar-refractivity contribution in [2.24, 2.45) is 0 Å². The van der Waals surface area contributed by atoms with Crippen LogP contribution in [-0.4, -0.2) is 34.4 Å². The first kappa shape index (κ1) is 16.5. The first-order valence-electron chi connectivity index (χ1n) is 6.21. The van der Waals surface area contributed by atoms with Gasteiger partial charge in [0.15, 0.2) is 0 Å². The van der Waals surface area contributed by atoms with Crippen LogP contribution in [-0.2, 0) is 11.3 Å². The second kappa shape index (κ2) is 6.71. The lowest BCUT2D eigenvalue weighted by Gasteiger charge is -2.21. The molecule has 0 aliphatic rings. The lowest BCUT2D eigenvalue weighted by molar-refractivity contribution is -0.141. The quantitative estimate of drug-likeness (QED) is 0.638. The number of carboxylic acids is 1. The van der Waals surface area contributed by atoms with Gasteiger partial charge < -0.3 is 20.8 Å². The van der Waals surface area contributed by atoms with Crippen LogP contribution in [0.25, 0.3) is 0 Å². The first-order valence-corrected chi connectivity index (χ1v) is 7.03. The lowest BCUT2D eigenvalue weighted by atomic mass is 10.0. The Kier molecular flexibility index (Phi) is 5.52. The summed E-state index contributed by atoms with van der Waals surface area (Å²) in [6.07, 6.45) is -0.420. The standard InChI is InChI=1S/C13H20N2O4S/c1-8-4-10(20-9(8)2)6-14-12(18)15-7-13(3,19)5-11(16)17/h4,19H,5-7H2,1-3H3,(H,16,17)(H2,14,15,18). The fourth-order valence-electron chi connectivity index (χ4n) is 1.63. The van der Waals surface area contributed by atoms with Gasteiger partial charge in [0.05, 0.1) is 18.6 Å². The average Bonchev–Trinajstić information content (AvgIpc) is 2.62. The smallest absolute Gasteiger partial charge is 0.315 e. The Morgan fingerprint density at radius 2 is 2.00 bits per heavy atom. The molecule has 6 nitrogen and oxygen atoms in total. The highest BCUT2D eigenvalue weighted by Gasteiger charge is 2.24. The second-order valence-electron chi connectivity index (χ2n) is 5.06. The number of rotatable bonds is 6. The topological polar surface area (TPSA) is 98.7 Å². The molecule has 1 rings (SSSR count). The Morgan fingerprint density at radius 1 is 1.35 bits per heavy atom. The predicted octanol–water partition coefficient (Wildman–Crippen LogP) is 1.39. The largest absolute Gasteiger partial charge is 0.481 e. The highest BCUT2D eigenvalue weighted by molar-refractivity contribution is 7.12. The number of urea groups is 1. The molecule has 0 bridgehead atoms. The number of aryl methyl sites for hydroxylation is 2. The molecule has 0 saturated carbocycles. The van der Waals surface area contributed by atoms with Crippen LogP contribution >= 0.6 is 11.3 Å². The van der Waals surface area contributed by atoms with Crippen molar-refractivity contribution >= 4 is 23.3 Å². The van der Waals surface area contributed by atoms with E-state index in [1.165, 1.54) is 17.4 Å². The van der Waals surface area contributed by atoms with E-state index in [4.69, 9.17) is 5.11 Å². The zero-order valence-electron chi connectivity index (χ0n) is 11.8. The molecule has 0 aliphatic carbocycles. The second-order valence-corrected chi connectivity index (χ2v) is 6.40. The third-order valence-corrected chi connectivity index (χ3v) is 3.95. The molecule has 0 spiro atoms. The number of aliphatic carboxylic acids is 1. The van der Waals surface area contributed by atoms with Crippen LogP contribution in [0.2, 0.25) is 0 Å². The average molecular weight is 300 g/mol. The molecular formula is C13H20N2O4S. The van der Waals surface area contributed by atoms with Crippen LogP contribution in [0.3, 0.4) is 0 Å². The van der Waals surface area contributed by atoms with Gasteiger partial charge in [0.2, 0.25) is 0 Å². The summed E-state index contributed by atoms with van der Waals surface area (Å²) in [4.78, 5) is 24.3. The summed E-state index contributed by atoms with van der Waals surface area (Å²) in [5.74, 6) is -1.11. The van der Waals surface area contributed by atoms with E-state index in [1.807, 2.05) is 19.9 Å². The molecule has 0 radical (unpaired) electrons. The molecule has 0 saturated heterocycles. The predicted molar refractivity (Wildman–Crippen MR) is 76.9 cm³/mol. The maximum Gasteiger partial charge on any atom is 0.315 e. The SMILES string of the molecule is Cc1cc(CNC(=O)NCC(C)(O)CC(=O)O)sc1C. The van der Waals surface area contributed by atoms with Crippen molar-refractivity contribution in [3.8, 4) is 0 Å². The molecule has 0 aliphatic heterocycles. The Bertz CT molecular complexity index is 477. The molecule has 7 heteroatoms. The lowest BCUT2D eigenvalue weighted by Crippen LogP contribution is -2.45. The zero-order chi connectivity index (χ0) is 15.3. The molecule has 1 aromatic rings. The molecule has 0 aromatic carbocycles. The van der Waals surface area contributed by atoms with Gasteiger partial charge in [-0.2, -0.15) is 0 Å². The fraction of sp³-hybridized carbons (Fsp3) is 0.538. The Morgan fingerprint density at radius 3 is 2.50 bits per heavy atom. The molecule has 1 unspecified atom stereocenters. The summed E-state index contributed by atoms with van der Waals surface area (Å²) >= 11 is 1.62. The highest BCUT2D eigenvalue weighted by atomic mass is 32.1. The molecule has 20 heavy (non-hydrogen) atoms. The highest BCUT2D eigenvalue weighted by Crippen LogP contribution is 2.20. The number of hydrogen-bond donors (Lipinski definition) is 4. The zero-order valence-corrected chi connectivity index (χ0v) is 12.6. The number of thiophene rings is 1. The van der Waals surface area contributed by atoms with Crippen LogP contribution in [0.5, 0.6) is 0 Å². The third-order valence-electron chi connectivity index (χ3n) is 2.80. The van der Waals surface area contributed by atoms with Crippen LogP contribution in [0.15, 0.2) is 6.07 Å². The maximum absolute atomic E-state index is 11.6. The van der Waals surface area contributed by atoms with E-state index < -0.39 is 24.0 Å². The Labute approximate surface area is 121 Å². The van der Waals surface area contributed by atoms with Gasteiger partial charge in [0.1, 0.15) is 0 Å². The van der Waals surface area contributed by atoms with Gasteiger partial charge in [-0.25, -0.2) is 4.79 Å². The van der Waals surface area contributed by atoms with Crippen LogP contribution < -0.4 is 10.6 Å².